The summed E-state index contributed by atoms with van der Waals surface area (Å²) >= 11 is 0. The monoisotopic (exact) mass is 325 g/mol. The Labute approximate surface area is 146 Å². The van der Waals surface area contributed by atoms with Gasteiger partial charge in [-0.2, -0.15) is 10.5 Å². The van der Waals surface area contributed by atoms with Gasteiger partial charge in [0, 0.05) is 18.6 Å². The second kappa shape index (κ2) is 16.6. The van der Waals surface area contributed by atoms with Gasteiger partial charge in [0.25, 0.3) is 0 Å². The molecule has 24 heavy (non-hydrogen) atoms. The fourth-order valence-electron chi connectivity index (χ4n) is 0.786. The number of nitriles is 2. The van der Waals surface area contributed by atoms with Gasteiger partial charge in [0.2, 0.25) is 5.82 Å². The molecule has 0 aromatic carbocycles. The molecule has 0 amide bonds. The van der Waals surface area contributed by atoms with Crippen LogP contribution in [0.5, 0.6) is 0 Å². The Kier molecular flexibility index (Phi) is 16.2. The zero-order valence-corrected chi connectivity index (χ0v) is 15.4. The lowest BCUT2D eigenvalue weighted by Crippen LogP contribution is -1.82. The summed E-state index contributed by atoms with van der Waals surface area (Å²) in [6.07, 6.45) is 4.66. The van der Waals surface area contributed by atoms with Crippen molar-refractivity contribution in [1.29, 1.82) is 10.5 Å². The molecule has 0 radical (unpaired) electrons. The minimum Gasteiger partial charge on any atom is -0.246 e. The normalized spacial score (nSPS) is 8.25. The smallest absolute Gasteiger partial charge is 0.232 e. The van der Waals surface area contributed by atoms with Crippen LogP contribution in [0, 0.1) is 34.5 Å². The first-order valence-corrected chi connectivity index (χ1v) is 7.81. The Bertz CT molecular complexity index is 520. The fourth-order valence-corrected chi connectivity index (χ4v) is 0.786. The van der Waals surface area contributed by atoms with Gasteiger partial charge < -0.3 is 0 Å². The van der Waals surface area contributed by atoms with E-state index in [1.54, 1.807) is 36.5 Å². The topological polar surface area (TPSA) is 86.2 Å². The highest BCUT2D eigenvalue weighted by Gasteiger charge is 1.83. The van der Waals surface area contributed by atoms with Crippen molar-refractivity contribution >= 4 is 0 Å². The van der Waals surface area contributed by atoms with Crippen molar-refractivity contribution in [2.24, 2.45) is 11.8 Å². The van der Waals surface area contributed by atoms with Crippen LogP contribution in [0.15, 0.2) is 42.9 Å². The Balaban J connectivity index is 0. The van der Waals surface area contributed by atoms with E-state index in [4.69, 9.17) is 10.5 Å². The van der Waals surface area contributed by atoms with Crippen LogP contribution >= 0.6 is 0 Å². The summed E-state index contributed by atoms with van der Waals surface area (Å²) in [6.45, 7) is 13.0. The van der Waals surface area contributed by atoms with Crippen LogP contribution in [0.25, 0.3) is 0 Å². The maximum atomic E-state index is 8.23. The molecule has 0 N–H and O–H groups in total. The standard InChI is InChI=1S/C6H4N2.C5H3N3.2C4H10/c7-5-6-3-1-2-4-8-6;6-4-5-7-2-1-3-8-5;2*1-4(2)3/h1-4H;1-3H;2*4H,1-3H3. The van der Waals surface area contributed by atoms with Gasteiger partial charge >= 0.3 is 0 Å². The van der Waals surface area contributed by atoms with Gasteiger partial charge in [-0.25, -0.2) is 15.0 Å². The molecular weight excluding hydrogens is 298 g/mol. The van der Waals surface area contributed by atoms with Crippen molar-refractivity contribution in [3.63, 3.8) is 0 Å². The van der Waals surface area contributed by atoms with Crippen LogP contribution in [0.2, 0.25) is 0 Å². The summed E-state index contributed by atoms with van der Waals surface area (Å²) in [4.78, 5) is 11.0. The minimum atomic E-state index is 0.215. The molecule has 5 heteroatoms. The fraction of sp³-hybridized carbons (Fsp3) is 0.421. The van der Waals surface area contributed by atoms with Crippen molar-refractivity contribution in [2.45, 2.75) is 41.5 Å². The lowest BCUT2D eigenvalue weighted by atomic mass is 10.3. The van der Waals surface area contributed by atoms with Crippen LogP contribution in [-0.4, -0.2) is 15.0 Å². The summed E-state index contributed by atoms with van der Waals surface area (Å²) in [5, 5.41) is 16.4. The average Bonchev–Trinajstić information content (AvgIpc) is 2.56. The van der Waals surface area contributed by atoms with Gasteiger partial charge in [-0.05, 0) is 30.0 Å². The predicted molar refractivity (Wildman–Crippen MR) is 96.7 cm³/mol. The molecule has 0 saturated carbocycles. The third-order valence-electron chi connectivity index (χ3n) is 1.45. The maximum Gasteiger partial charge on any atom is 0.232 e. The van der Waals surface area contributed by atoms with Crippen LogP contribution in [0.4, 0.5) is 0 Å². The molecule has 0 fully saturated rings. The Morgan fingerprint density at radius 3 is 1.42 bits per heavy atom. The summed E-state index contributed by atoms with van der Waals surface area (Å²) in [7, 11) is 0. The van der Waals surface area contributed by atoms with Crippen LogP contribution in [0.1, 0.15) is 53.1 Å². The van der Waals surface area contributed by atoms with E-state index in [9.17, 15) is 0 Å². The molecule has 2 aromatic rings. The number of rotatable bonds is 0. The summed E-state index contributed by atoms with van der Waals surface area (Å²) in [6, 6.07) is 10.6. The third-order valence-corrected chi connectivity index (χ3v) is 1.45. The summed E-state index contributed by atoms with van der Waals surface area (Å²) < 4.78 is 0. The number of hydrogen-bond donors (Lipinski definition) is 0. The molecule has 0 saturated heterocycles. The SMILES string of the molecule is CC(C)C.CC(C)C.N#Cc1ccccn1.N#Cc1ncccn1. The van der Waals surface area contributed by atoms with Crippen molar-refractivity contribution < 1.29 is 0 Å². The van der Waals surface area contributed by atoms with Gasteiger partial charge in [-0.15, -0.1) is 0 Å². The quantitative estimate of drug-likeness (QED) is 0.705. The van der Waals surface area contributed by atoms with Gasteiger partial charge in [-0.3, -0.25) is 0 Å². The highest BCUT2D eigenvalue weighted by Crippen LogP contribution is 1.87. The zero-order valence-electron chi connectivity index (χ0n) is 15.4. The van der Waals surface area contributed by atoms with Gasteiger partial charge in [0.1, 0.15) is 17.8 Å². The molecule has 0 aliphatic carbocycles. The summed E-state index contributed by atoms with van der Waals surface area (Å²) in [5.74, 6) is 1.88. The Morgan fingerprint density at radius 1 is 0.708 bits per heavy atom. The molecule has 5 nitrogen and oxygen atoms in total. The first kappa shape index (κ1) is 23.5. The lowest BCUT2D eigenvalue weighted by Gasteiger charge is -1.79. The lowest BCUT2D eigenvalue weighted by molar-refractivity contribution is 0.736. The third kappa shape index (κ3) is 21.5. The van der Waals surface area contributed by atoms with Crippen molar-refractivity contribution in [1.82, 2.24) is 15.0 Å². The Hall–Kier alpha value is -2.79. The van der Waals surface area contributed by atoms with Crippen molar-refractivity contribution in [2.75, 3.05) is 0 Å². The van der Waals surface area contributed by atoms with Crippen molar-refractivity contribution in [3.8, 4) is 12.1 Å². The molecular formula is C19H27N5. The van der Waals surface area contributed by atoms with Crippen LogP contribution in [0.3, 0.4) is 0 Å². The van der Waals surface area contributed by atoms with Gasteiger partial charge in [-0.1, -0.05) is 47.6 Å². The number of nitrogens with zero attached hydrogens (tertiary/aromatic N) is 5. The molecule has 0 aliphatic heterocycles. The number of pyridine rings is 1. The molecule has 0 spiro atoms. The molecule has 128 valence electrons. The largest absolute Gasteiger partial charge is 0.246 e. The van der Waals surface area contributed by atoms with E-state index in [0.717, 1.165) is 11.8 Å². The molecule has 0 unspecified atom stereocenters. The van der Waals surface area contributed by atoms with E-state index in [1.165, 1.54) is 12.4 Å². The molecule has 2 aromatic heterocycles. The molecule has 2 rings (SSSR count). The second-order valence-corrected chi connectivity index (χ2v) is 5.98. The molecule has 0 bridgehead atoms. The Morgan fingerprint density at radius 2 is 1.17 bits per heavy atom. The van der Waals surface area contributed by atoms with E-state index in [-0.39, 0.29) is 5.82 Å². The number of hydrogen-bond acceptors (Lipinski definition) is 5. The maximum absolute atomic E-state index is 8.23. The zero-order chi connectivity index (χ0) is 18.8. The van der Waals surface area contributed by atoms with E-state index in [1.807, 2.05) is 6.07 Å². The van der Waals surface area contributed by atoms with E-state index in [2.05, 4.69) is 56.5 Å². The first-order chi connectivity index (χ1) is 11.3. The number of aromatic nitrogens is 3. The van der Waals surface area contributed by atoms with Gasteiger partial charge in [0.15, 0.2) is 0 Å². The van der Waals surface area contributed by atoms with E-state index < -0.39 is 0 Å². The second-order valence-electron chi connectivity index (χ2n) is 5.98. The van der Waals surface area contributed by atoms with Gasteiger partial charge in [0.05, 0.1) is 0 Å². The average molecular weight is 325 g/mol. The molecule has 2 heterocycles. The minimum absolute atomic E-state index is 0.215. The van der Waals surface area contributed by atoms with Crippen LogP contribution in [-0.2, 0) is 0 Å². The first-order valence-electron chi connectivity index (χ1n) is 7.81. The molecule has 0 atom stereocenters. The van der Waals surface area contributed by atoms with E-state index in [0.29, 0.717) is 5.69 Å². The highest BCUT2D eigenvalue weighted by molar-refractivity contribution is 5.18. The highest BCUT2D eigenvalue weighted by atomic mass is 14.8. The van der Waals surface area contributed by atoms with Crippen LogP contribution < -0.4 is 0 Å². The van der Waals surface area contributed by atoms with Crippen molar-refractivity contribution in [3.05, 3.63) is 54.4 Å². The summed E-state index contributed by atoms with van der Waals surface area (Å²) in [5.41, 5.74) is 0.465. The molecule has 0 aliphatic rings. The predicted octanol–water partition coefficient (Wildman–Crippen LogP) is 4.63. The van der Waals surface area contributed by atoms with E-state index >= 15 is 0 Å².